The predicted molar refractivity (Wildman–Crippen MR) is 76.4 cm³/mol. The Kier molecular flexibility index (Phi) is 5.63. The molecule has 18 heavy (non-hydrogen) atoms. The summed E-state index contributed by atoms with van der Waals surface area (Å²) in [4.78, 5) is 14.5. The summed E-state index contributed by atoms with van der Waals surface area (Å²) in [5.41, 5.74) is 2.01. The van der Waals surface area contributed by atoms with Gasteiger partial charge in [0.2, 0.25) is 0 Å². The highest BCUT2D eigenvalue weighted by Gasteiger charge is 2.24. The Morgan fingerprint density at radius 3 is 2.83 bits per heavy atom. The minimum Gasteiger partial charge on any atom is -0.333 e. The second-order valence-electron chi connectivity index (χ2n) is 4.56. The Bertz CT molecular complexity index is 409. The first-order chi connectivity index (χ1) is 8.24. The summed E-state index contributed by atoms with van der Waals surface area (Å²) < 4.78 is 0. The second kappa shape index (κ2) is 6.76. The molecule has 1 heterocycles. The summed E-state index contributed by atoms with van der Waals surface area (Å²) >= 11 is 0. The van der Waals surface area contributed by atoms with Crippen molar-refractivity contribution in [1.82, 2.24) is 10.2 Å². The molecule has 0 bridgehead atoms. The van der Waals surface area contributed by atoms with E-state index < -0.39 is 0 Å². The summed E-state index contributed by atoms with van der Waals surface area (Å²) in [6, 6.07) is 8.20. The highest BCUT2D eigenvalue weighted by Crippen LogP contribution is 2.15. The number of aryl methyl sites for hydroxylation is 1. The fraction of sp³-hybridized carbons (Fsp3) is 0.500. The van der Waals surface area contributed by atoms with Crippen molar-refractivity contribution in [3.05, 3.63) is 35.4 Å². The van der Waals surface area contributed by atoms with Crippen LogP contribution in [0.2, 0.25) is 0 Å². The van der Waals surface area contributed by atoms with Crippen molar-refractivity contribution in [3.63, 3.8) is 0 Å². The fourth-order valence-electron chi connectivity index (χ4n) is 2.33. The van der Waals surface area contributed by atoms with Gasteiger partial charge in [0.1, 0.15) is 0 Å². The molecular weight excluding hydrogens is 248 g/mol. The molecule has 100 valence electrons. The molecule has 1 aliphatic heterocycles. The monoisotopic (exact) mass is 268 g/mol. The van der Waals surface area contributed by atoms with Gasteiger partial charge in [-0.3, -0.25) is 4.79 Å². The van der Waals surface area contributed by atoms with E-state index in [0.717, 1.165) is 37.2 Å². The largest absolute Gasteiger partial charge is 0.333 e. The number of nitrogens with one attached hydrogen (secondary N) is 1. The molecule has 1 fully saturated rings. The molecule has 1 N–H and O–H groups in total. The summed E-state index contributed by atoms with van der Waals surface area (Å²) in [5.74, 6) is 0.177. The molecule has 1 saturated heterocycles. The maximum Gasteiger partial charge on any atom is 0.254 e. The normalized spacial score (nSPS) is 19.2. The molecule has 0 spiro atoms. The lowest BCUT2D eigenvalue weighted by molar-refractivity contribution is 0.0654. The Balaban J connectivity index is 0.00000162. The second-order valence-corrected chi connectivity index (χ2v) is 4.56. The van der Waals surface area contributed by atoms with E-state index in [-0.39, 0.29) is 24.4 Å². The summed E-state index contributed by atoms with van der Waals surface area (Å²) in [7, 11) is 0. The molecule has 1 aliphatic rings. The quantitative estimate of drug-likeness (QED) is 0.891. The van der Waals surface area contributed by atoms with Crippen LogP contribution in [0.1, 0.15) is 29.8 Å². The minimum absolute atomic E-state index is 0. The van der Waals surface area contributed by atoms with Crippen molar-refractivity contribution >= 4 is 18.3 Å². The van der Waals surface area contributed by atoms with Gasteiger partial charge in [-0.15, -0.1) is 12.4 Å². The van der Waals surface area contributed by atoms with Crippen molar-refractivity contribution in [2.75, 3.05) is 19.6 Å². The molecule has 1 aromatic rings. The maximum absolute atomic E-state index is 12.5. The van der Waals surface area contributed by atoms with Crippen LogP contribution in [0.15, 0.2) is 24.3 Å². The van der Waals surface area contributed by atoms with Gasteiger partial charge in [0.15, 0.2) is 0 Å². The number of nitrogens with zero attached hydrogens (tertiary/aromatic N) is 1. The summed E-state index contributed by atoms with van der Waals surface area (Å²) in [6.07, 6.45) is 0.905. The van der Waals surface area contributed by atoms with E-state index in [9.17, 15) is 4.79 Å². The molecule has 0 aliphatic carbocycles. The number of halogens is 1. The van der Waals surface area contributed by atoms with Crippen LogP contribution in [0.3, 0.4) is 0 Å². The minimum atomic E-state index is 0. The first-order valence-corrected chi connectivity index (χ1v) is 6.33. The van der Waals surface area contributed by atoms with Crippen molar-refractivity contribution in [2.45, 2.75) is 26.3 Å². The number of hydrogen-bond acceptors (Lipinski definition) is 2. The third-order valence-electron chi connectivity index (χ3n) is 3.39. The van der Waals surface area contributed by atoms with E-state index in [2.05, 4.69) is 19.2 Å². The van der Waals surface area contributed by atoms with E-state index in [1.807, 2.05) is 29.2 Å². The average Bonchev–Trinajstić information content (AvgIpc) is 2.38. The molecule has 0 aromatic heterocycles. The first-order valence-electron chi connectivity index (χ1n) is 6.33. The van der Waals surface area contributed by atoms with Crippen LogP contribution in [0.4, 0.5) is 0 Å². The van der Waals surface area contributed by atoms with Crippen LogP contribution in [0.25, 0.3) is 0 Å². The highest BCUT2D eigenvalue weighted by atomic mass is 35.5. The lowest BCUT2D eigenvalue weighted by Gasteiger charge is -2.34. The summed E-state index contributed by atoms with van der Waals surface area (Å²) in [5, 5.41) is 3.31. The zero-order valence-corrected chi connectivity index (χ0v) is 11.8. The molecule has 1 aromatic carbocycles. The van der Waals surface area contributed by atoms with Gasteiger partial charge in [-0.05, 0) is 25.0 Å². The van der Waals surface area contributed by atoms with Gasteiger partial charge < -0.3 is 10.2 Å². The van der Waals surface area contributed by atoms with E-state index in [4.69, 9.17) is 0 Å². The van der Waals surface area contributed by atoms with Gasteiger partial charge in [-0.1, -0.05) is 25.1 Å². The number of rotatable bonds is 2. The van der Waals surface area contributed by atoms with Gasteiger partial charge in [0.25, 0.3) is 5.91 Å². The van der Waals surface area contributed by atoms with Gasteiger partial charge in [0, 0.05) is 31.2 Å². The van der Waals surface area contributed by atoms with E-state index in [1.165, 1.54) is 0 Å². The van der Waals surface area contributed by atoms with Gasteiger partial charge in [-0.2, -0.15) is 0 Å². The Morgan fingerprint density at radius 1 is 1.44 bits per heavy atom. The first kappa shape index (κ1) is 15.0. The SMILES string of the molecule is CCc1ccccc1C(=O)N1CCNC[C@@H]1C.Cl. The highest BCUT2D eigenvalue weighted by molar-refractivity contribution is 5.96. The number of carbonyl (C=O) groups is 1. The zero-order chi connectivity index (χ0) is 12.3. The lowest BCUT2D eigenvalue weighted by Crippen LogP contribution is -2.52. The molecule has 1 atom stereocenters. The van der Waals surface area contributed by atoms with Crippen molar-refractivity contribution in [2.24, 2.45) is 0 Å². The van der Waals surface area contributed by atoms with Crippen LogP contribution >= 0.6 is 12.4 Å². The van der Waals surface area contributed by atoms with E-state index >= 15 is 0 Å². The fourth-order valence-corrected chi connectivity index (χ4v) is 2.33. The average molecular weight is 269 g/mol. The number of amides is 1. The number of piperazine rings is 1. The smallest absolute Gasteiger partial charge is 0.254 e. The number of benzene rings is 1. The zero-order valence-electron chi connectivity index (χ0n) is 11.0. The lowest BCUT2D eigenvalue weighted by atomic mass is 10.0. The summed E-state index contributed by atoms with van der Waals surface area (Å²) in [6.45, 7) is 6.77. The molecule has 4 heteroatoms. The molecule has 0 radical (unpaired) electrons. The Morgan fingerprint density at radius 2 is 2.17 bits per heavy atom. The molecule has 3 nitrogen and oxygen atoms in total. The topological polar surface area (TPSA) is 32.3 Å². The van der Waals surface area contributed by atoms with Crippen LogP contribution in [0.5, 0.6) is 0 Å². The predicted octanol–water partition coefficient (Wildman–Crippen LogP) is 2.10. The van der Waals surface area contributed by atoms with Gasteiger partial charge in [0.05, 0.1) is 0 Å². The van der Waals surface area contributed by atoms with E-state index in [0.29, 0.717) is 0 Å². The van der Waals surface area contributed by atoms with Crippen LogP contribution in [-0.2, 0) is 6.42 Å². The molecule has 0 unspecified atom stereocenters. The number of carbonyl (C=O) groups excluding carboxylic acids is 1. The van der Waals surface area contributed by atoms with Crippen LogP contribution < -0.4 is 5.32 Å². The molecule has 1 amide bonds. The van der Waals surface area contributed by atoms with Gasteiger partial charge >= 0.3 is 0 Å². The third kappa shape index (κ3) is 3.03. The molecule has 0 saturated carbocycles. The maximum atomic E-state index is 12.5. The molecule has 2 rings (SSSR count). The standard InChI is InChI=1S/C14H20N2O.ClH/c1-3-12-6-4-5-7-13(12)14(17)16-9-8-15-10-11(16)2;/h4-7,11,15H,3,8-10H2,1-2H3;1H/t11-;/m0./s1. The Hall–Kier alpha value is -1.06. The third-order valence-corrected chi connectivity index (χ3v) is 3.39. The molecular formula is C14H21ClN2O. The Labute approximate surface area is 115 Å². The van der Waals surface area contributed by atoms with Crippen LogP contribution in [0, 0.1) is 0 Å². The van der Waals surface area contributed by atoms with Gasteiger partial charge in [-0.25, -0.2) is 0 Å². The van der Waals surface area contributed by atoms with Crippen LogP contribution in [-0.4, -0.2) is 36.5 Å². The van der Waals surface area contributed by atoms with Crippen molar-refractivity contribution < 1.29 is 4.79 Å². The van der Waals surface area contributed by atoms with Crippen molar-refractivity contribution in [1.29, 1.82) is 0 Å². The number of hydrogen-bond donors (Lipinski definition) is 1. The van der Waals surface area contributed by atoms with E-state index in [1.54, 1.807) is 0 Å². The van der Waals surface area contributed by atoms with Crippen molar-refractivity contribution in [3.8, 4) is 0 Å².